The molecule has 2 fully saturated rings. The van der Waals surface area contributed by atoms with E-state index in [-0.39, 0.29) is 12.4 Å². The molecule has 1 amide bonds. The summed E-state index contributed by atoms with van der Waals surface area (Å²) in [5, 5.41) is 3.29. The van der Waals surface area contributed by atoms with Gasteiger partial charge in [-0.05, 0) is 24.9 Å². The lowest BCUT2D eigenvalue weighted by Gasteiger charge is -2.29. The summed E-state index contributed by atoms with van der Waals surface area (Å²) in [5.41, 5.74) is 1.39. The molecule has 0 aliphatic carbocycles. The first-order valence-electron chi connectivity index (χ1n) is 8.12. The molecule has 5 heteroatoms. The topological polar surface area (TPSA) is 35.6 Å². The minimum Gasteiger partial charge on any atom is -0.340 e. The van der Waals surface area contributed by atoms with Crippen molar-refractivity contribution in [3.63, 3.8) is 0 Å². The predicted octanol–water partition coefficient (Wildman–Crippen LogP) is 2.07. The van der Waals surface area contributed by atoms with Crippen LogP contribution in [0.25, 0.3) is 0 Å². The summed E-state index contributed by atoms with van der Waals surface area (Å²) in [5.74, 6) is 0.315. The Morgan fingerprint density at radius 1 is 1.14 bits per heavy atom. The highest BCUT2D eigenvalue weighted by Crippen LogP contribution is 2.31. The van der Waals surface area contributed by atoms with E-state index >= 15 is 0 Å². The molecule has 1 atom stereocenters. The number of rotatable bonds is 4. The summed E-state index contributed by atoms with van der Waals surface area (Å²) in [7, 11) is 0. The van der Waals surface area contributed by atoms with Crippen molar-refractivity contribution in [3.8, 4) is 0 Å². The molecule has 0 radical (unpaired) electrons. The van der Waals surface area contributed by atoms with Crippen LogP contribution in [0.1, 0.15) is 30.9 Å². The van der Waals surface area contributed by atoms with Crippen molar-refractivity contribution in [1.82, 2.24) is 15.1 Å². The molecule has 0 spiro atoms. The Morgan fingerprint density at radius 3 is 2.59 bits per heavy atom. The van der Waals surface area contributed by atoms with Crippen LogP contribution in [0.5, 0.6) is 0 Å². The Hall–Kier alpha value is -1.10. The highest BCUT2D eigenvalue weighted by atomic mass is 35.5. The lowest BCUT2D eigenvalue weighted by Crippen LogP contribution is -2.47. The highest BCUT2D eigenvalue weighted by Gasteiger charge is 2.26. The number of amides is 1. The number of nitrogens with one attached hydrogen (secondary N) is 1. The van der Waals surface area contributed by atoms with E-state index in [0.717, 1.165) is 39.3 Å². The summed E-state index contributed by atoms with van der Waals surface area (Å²) >= 11 is 0. The molecule has 2 saturated heterocycles. The lowest BCUT2D eigenvalue weighted by molar-refractivity contribution is -0.132. The van der Waals surface area contributed by atoms with Gasteiger partial charge in [-0.15, -0.1) is 12.4 Å². The Morgan fingerprint density at radius 2 is 1.86 bits per heavy atom. The summed E-state index contributed by atoms with van der Waals surface area (Å²) < 4.78 is 0. The number of piperazine rings is 1. The minimum absolute atomic E-state index is 0. The van der Waals surface area contributed by atoms with Gasteiger partial charge in [0.05, 0.1) is 0 Å². The SMILES string of the molecule is Cl.O=C(CCN1CCCC1c1ccccc1)N1CCNCC1. The first-order chi connectivity index (χ1) is 10.3. The van der Waals surface area contributed by atoms with E-state index < -0.39 is 0 Å². The van der Waals surface area contributed by atoms with E-state index in [2.05, 4.69) is 40.5 Å². The van der Waals surface area contributed by atoms with Gasteiger partial charge in [-0.25, -0.2) is 0 Å². The third kappa shape index (κ3) is 4.22. The largest absolute Gasteiger partial charge is 0.340 e. The molecular weight excluding hydrogens is 298 g/mol. The van der Waals surface area contributed by atoms with Crippen molar-refractivity contribution >= 4 is 18.3 Å². The minimum atomic E-state index is 0. The number of hydrogen-bond acceptors (Lipinski definition) is 3. The number of nitrogens with zero attached hydrogens (tertiary/aromatic N) is 2. The van der Waals surface area contributed by atoms with Crippen LogP contribution in [0.4, 0.5) is 0 Å². The lowest BCUT2D eigenvalue weighted by atomic mass is 10.0. The van der Waals surface area contributed by atoms with Gasteiger partial charge in [0.25, 0.3) is 0 Å². The highest BCUT2D eigenvalue weighted by molar-refractivity contribution is 5.85. The van der Waals surface area contributed by atoms with Crippen molar-refractivity contribution in [3.05, 3.63) is 35.9 Å². The van der Waals surface area contributed by atoms with Crippen LogP contribution >= 0.6 is 12.4 Å². The van der Waals surface area contributed by atoms with Gasteiger partial charge in [-0.3, -0.25) is 9.69 Å². The van der Waals surface area contributed by atoms with Gasteiger partial charge in [0.1, 0.15) is 0 Å². The normalized spacial score (nSPS) is 22.4. The fraction of sp³-hybridized carbons (Fsp3) is 0.588. The fourth-order valence-electron chi connectivity index (χ4n) is 3.46. The first-order valence-corrected chi connectivity index (χ1v) is 8.12. The number of carbonyl (C=O) groups excluding carboxylic acids is 1. The van der Waals surface area contributed by atoms with Crippen LogP contribution in [0.2, 0.25) is 0 Å². The Labute approximate surface area is 139 Å². The van der Waals surface area contributed by atoms with Gasteiger partial charge in [0.2, 0.25) is 5.91 Å². The molecule has 22 heavy (non-hydrogen) atoms. The van der Waals surface area contributed by atoms with Gasteiger partial charge in [-0.1, -0.05) is 30.3 Å². The van der Waals surface area contributed by atoms with Crippen LogP contribution in [0.3, 0.4) is 0 Å². The second-order valence-electron chi connectivity index (χ2n) is 5.99. The van der Waals surface area contributed by atoms with E-state index in [1.807, 2.05) is 4.90 Å². The van der Waals surface area contributed by atoms with Crippen LogP contribution in [-0.4, -0.2) is 55.0 Å². The van der Waals surface area contributed by atoms with Crippen molar-refractivity contribution < 1.29 is 4.79 Å². The summed E-state index contributed by atoms with van der Waals surface area (Å²) in [6, 6.07) is 11.2. The van der Waals surface area contributed by atoms with E-state index in [1.165, 1.54) is 18.4 Å². The molecule has 1 aromatic rings. The molecule has 1 unspecified atom stereocenters. The molecule has 1 aromatic carbocycles. The zero-order valence-corrected chi connectivity index (χ0v) is 13.9. The number of benzene rings is 1. The van der Waals surface area contributed by atoms with Gasteiger partial charge < -0.3 is 10.2 Å². The quantitative estimate of drug-likeness (QED) is 0.921. The first kappa shape index (κ1) is 17.3. The fourth-order valence-corrected chi connectivity index (χ4v) is 3.46. The molecule has 0 saturated carbocycles. The average Bonchev–Trinajstić information content (AvgIpc) is 3.03. The van der Waals surface area contributed by atoms with Gasteiger partial charge >= 0.3 is 0 Å². The van der Waals surface area contributed by atoms with E-state index in [0.29, 0.717) is 18.4 Å². The Bertz CT molecular complexity index is 462. The van der Waals surface area contributed by atoms with E-state index in [1.54, 1.807) is 0 Å². The zero-order chi connectivity index (χ0) is 14.5. The molecule has 3 rings (SSSR count). The average molecular weight is 324 g/mol. The second kappa shape index (κ2) is 8.51. The van der Waals surface area contributed by atoms with Crippen molar-refractivity contribution in [2.24, 2.45) is 0 Å². The molecule has 4 nitrogen and oxygen atoms in total. The molecule has 0 aromatic heterocycles. The van der Waals surface area contributed by atoms with Crippen molar-refractivity contribution in [2.45, 2.75) is 25.3 Å². The third-order valence-corrected chi connectivity index (χ3v) is 4.63. The van der Waals surface area contributed by atoms with Crippen LogP contribution in [0.15, 0.2) is 30.3 Å². The molecule has 2 aliphatic rings. The summed E-state index contributed by atoms with van der Waals surface area (Å²) in [4.78, 5) is 16.8. The van der Waals surface area contributed by atoms with E-state index in [4.69, 9.17) is 0 Å². The maximum absolute atomic E-state index is 12.3. The second-order valence-corrected chi connectivity index (χ2v) is 5.99. The smallest absolute Gasteiger partial charge is 0.223 e. The van der Waals surface area contributed by atoms with Crippen LogP contribution in [0, 0.1) is 0 Å². The molecular formula is C17H26ClN3O. The monoisotopic (exact) mass is 323 g/mol. The van der Waals surface area contributed by atoms with Gasteiger partial charge in [-0.2, -0.15) is 0 Å². The molecule has 0 bridgehead atoms. The van der Waals surface area contributed by atoms with Crippen LogP contribution in [-0.2, 0) is 4.79 Å². The number of carbonyl (C=O) groups is 1. The Balaban J connectivity index is 0.00000176. The van der Waals surface area contributed by atoms with Crippen molar-refractivity contribution in [1.29, 1.82) is 0 Å². The molecule has 2 heterocycles. The predicted molar refractivity (Wildman–Crippen MR) is 91.3 cm³/mol. The van der Waals surface area contributed by atoms with Crippen molar-refractivity contribution in [2.75, 3.05) is 39.3 Å². The van der Waals surface area contributed by atoms with Crippen LogP contribution < -0.4 is 5.32 Å². The summed E-state index contributed by atoms with van der Waals surface area (Å²) in [6.07, 6.45) is 3.11. The van der Waals surface area contributed by atoms with Gasteiger partial charge in [0, 0.05) is 45.2 Å². The summed E-state index contributed by atoms with van der Waals surface area (Å²) in [6.45, 7) is 5.60. The number of hydrogen-bond donors (Lipinski definition) is 1. The molecule has 1 N–H and O–H groups in total. The Kier molecular flexibility index (Phi) is 6.68. The maximum Gasteiger partial charge on any atom is 0.223 e. The standard InChI is InChI=1S/C17H25N3O.ClH/c21-17(20-13-9-18-10-14-20)8-12-19-11-4-7-16(19)15-5-2-1-3-6-15;/h1-3,5-6,16,18H,4,7-14H2;1H. The zero-order valence-electron chi connectivity index (χ0n) is 13.0. The maximum atomic E-state index is 12.3. The molecule has 122 valence electrons. The number of halogens is 1. The number of likely N-dealkylation sites (tertiary alicyclic amines) is 1. The third-order valence-electron chi connectivity index (χ3n) is 4.63. The van der Waals surface area contributed by atoms with Gasteiger partial charge in [0.15, 0.2) is 0 Å². The van der Waals surface area contributed by atoms with E-state index in [9.17, 15) is 4.79 Å². The molecule has 2 aliphatic heterocycles.